The van der Waals surface area contributed by atoms with Crippen LogP contribution in [0.3, 0.4) is 0 Å². The van der Waals surface area contributed by atoms with Gasteiger partial charge in [-0.05, 0) is 19.8 Å². The van der Waals surface area contributed by atoms with E-state index in [4.69, 9.17) is 4.74 Å². The molecule has 0 bridgehead atoms. The van der Waals surface area contributed by atoms with Crippen LogP contribution in [0.15, 0.2) is 12.5 Å². The maximum Gasteiger partial charge on any atom is 0.163 e. The van der Waals surface area contributed by atoms with Crippen LogP contribution < -0.4 is 5.32 Å². The number of nitrogens with one attached hydrogen (secondary N) is 1. The zero-order valence-electron chi connectivity index (χ0n) is 10.6. The summed E-state index contributed by atoms with van der Waals surface area (Å²) >= 11 is 0. The van der Waals surface area contributed by atoms with Crippen molar-refractivity contribution < 1.29 is 4.74 Å². The van der Waals surface area contributed by atoms with Gasteiger partial charge in [-0.2, -0.15) is 5.10 Å². The first kappa shape index (κ1) is 11.4. The molecular formula is C12H17N5O. The lowest BCUT2D eigenvalue weighted by Gasteiger charge is -2.35. The first-order valence-corrected chi connectivity index (χ1v) is 6.28. The molecule has 2 aromatic heterocycles. The summed E-state index contributed by atoms with van der Waals surface area (Å²) in [6, 6.07) is 0.444. The van der Waals surface area contributed by atoms with Gasteiger partial charge in [-0.15, -0.1) is 0 Å². The molecule has 0 aromatic carbocycles. The Bertz CT molecular complexity index is 546. The third-order valence-electron chi connectivity index (χ3n) is 3.37. The number of hydrogen-bond acceptors (Lipinski definition) is 5. The molecule has 1 N–H and O–H groups in total. The van der Waals surface area contributed by atoms with Crippen molar-refractivity contribution in [1.82, 2.24) is 19.7 Å². The van der Waals surface area contributed by atoms with Gasteiger partial charge in [0, 0.05) is 19.7 Å². The van der Waals surface area contributed by atoms with Gasteiger partial charge in [0.15, 0.2) is 5.65 Å². The summed E-state index contributed by atoms with van der Waals surface area (Å²) < 4.78 is 7.30. The van der Waals surface area contributed by atoms with Gasteiger partial charge >= 0.3 is 0 Å². The smallest absolute Gasteiger partial charge is 0.163 e. The molecule has 0 atom stereocenters. The van der Waals surface area contributed by atoms with Crippen LogP contribution in [0.4, 0.5) is 5.82 Å². The molecule has 1 aliphatic rings. The van der Waals surface area contributed by atoms with E-state index in [-0.39, 0.29) is 0 Å². The molecule has 1 aliphatic carbocycles. The van der Waals surface area contributed by atoms with Gasteiger partial charge in [-0.1, -0.05) is 0 Å². The molecule has 96 valence electrons. The fraction of sp³-hybridized carbons (Fsp3) is 0.583. The van der Waals surface area contributed by atoms with Gasteiger partial charge in [-0.25, -0.2) is 9.97 Å². The summed E-state index contributed by atoms with van der Waals surface area (Å²) in [7, 11) is 1.88. The molecule has 0 saturated heterocycles. The standard InChI is InChI=1S/C12H17N5O/c1-3-18-9-4-8(5-9)16-11-10-6-15-17(2)12(10)14-7-13-11/h6-9H,3-5H2,1-2H3,(H,13,14,16). The van der Waals surface area contributed by atoms with Gasteiger partial charge in [-0.3, -0.25) is 4.68 Å². The minimum atomic E-state index is 0.402. The Kier molecular flexibility index (Phi) is 2.87. The molecule has 0 aliphatic heterocycles. The third-order valence-corrected chi connectivity index (χ3v) is 3.37. The van der Waals surface area contributed by atoms with Gasteiger partial charge in [0.25, 0.3) is 0 Å². The maximum atomic E-state index is 5.55. The highest BCUT2D eigenvalue weighted by molar-refractivity contribution is 5.86. The lowest BCUT2D eigenvalue weighted by Crippen LogP contribution is -2.41. The van der Waals surface area contributed by atoms with Crippen LogP contribution in [0.1, 0.15) is 19.8 Å². The molecule has 3 rings (SSSR count). The van der Waals surface area contributed by atoms with Crippen molar-refractivity contribution >= 4 is 16.9 Å². The van der Waals surface area contributed by atoms with E-state index in [0.29, 0.717) is 12.1 Å². The summed E-state index contributed by atoms with van der Waals surface area (Å²) in [6.45, 7) is 2.82. The summed E-state index contributed by atoms with van der Waals surface area (Å²) in [5.41, 5.74) is 0.855. The number of hydrogen-bond donors (Lipinski definition) is 1. The molecule has 6 nitrogen and oxygen atoms in total. The Labute approximate surface area is 105 Å². The average molecular weight is 247 g/mol. The summed E-state index contributed by atoms with van der Waals surface area (Å²) in [4.78, 5) is 8.52. The van der Waals surface area contributed by atoms with Crippen molar-refractivity contribution in [3.8, 4) is 0 Å². The van der Waals surface area contributed by atoms with Crippen molar-refractivity contribution in [2.75, 3.05) is 11.9 Å². The van der Waals surface area contributed by atoms with E-state index in [2.05, 4.69) is 20.4 Å². The Balaban J connectivity index is 1.72. The van der Waals surface area contributed by atoms with Gasteiger partial charge in [0.1, 0.15) is 12.1 Å². The van der Waals surface area contributed by atoms with Gasteiger partial charge in [0.2, 0.25) is 0 Å². The van der Waals surface area contributed by atoms with Crippen LogP contribution in [0.5, 0.6) is 0 Å². The predicted octanol–water partition coefficient (Wildman–Crippen LogP) is 1.34. The SMILES string of the molecule is CCOC1CC(Nc2ncnc3c2cnn3C)C1. The molecule has 1 fully saturated rings. The first-order chi connectivity index (χ1) is 8.78. The van der Waals surface area contributed by atoms with Gasteiger partial charge < -0.3 is 10.1 Å². The van der Waals surface area contributed by atoms with Gasteiger partial charge in [0.05, 0.1) is 17.7 Å². The van der Waals surface area contributed by atoms with Crippen LogP contribution in [0.2, 0.25) is 0 Å². The molecular weight excluding hydrogens is 230 g/mol. The molecule has 2 heterocycles. The van der Waals surface area contributed by atoms with E-state index < -0.39 is 0 Å². The minimum Gasteiger partial charge on any atom is -0.378 e. The molecule has 18 heavy (non-hydrogen) atoms. The number of ether oxygens (including phenoxy) is 1. The predicted molar refractivity (Wildman–Crippen MR) is 68.4 cm³/mol. The monoisotopic (exact) mass is 247 g/mol. The number of anilines is 1. The van der Waals surface area contributed by atoms with Crippen molar-refractivity contribution in [3.63, 3.8) is 0 Å². The fourth-order valence-corrected chi connectivity index (χ4v) is 2.33. The molecule has 0 amide bonds. The van der Waals surface area contributed by atoms with Crippen molar-refractivity contribution in [3.05, 3.63) is 12.5 Å². The van der Waals surface area contributed by atoms with E-state index in [9.17, 15) is 0 Å². The molecule has 2 aromatic rings. The topological polar surface area (TPSA) is 64.9 Å². The molecule has 1 saturated carbocycles. The molecule has 6 heteroatoms. The zero-order chi connectivity index (χ0) is 12.5. The number of aromatic nitrogens is 4. The zero-order valence-corrected chi connectivity index (χ0v) is 10.6. The van der Waals surface area contributed by atoms with Crippen LogP contribution in [0.25, 0.3) is 11.0 Å². The van der Waals surface area contributed by atoms with E-state index in [1.54, 1.807) is 17.2 Å². The van der Waals surface area contributed by atoms with Crippen molar-refractivity contribution in [2.24, 2.45) is 7.05 Å². The number of fused-ring (bicyclic) bond motifs is 1. The highest BCUT2D eigenvalue weighted by atomic mass is 16.5. The number of aryl methyl sites for hydroxylation is 1. The largest absolute Gasteiger partial charge is 0.378 e. The second-order valence-electron chi connectivity index (χ2n) is 4.62. The normalized spacial score (nSPS) is 23.0. The molecule has 0 radical (unpaired) electrons. The summed E-state index contributed by atoms with van der Waals surface area (Å²) in [5, 5.41) is 8.61. The van der Waals surface area contributed by atoms with E-state index in [1.807, 2.05) is 14.0 Å². The molecule has 0 spiro atoms. The van der Waals surface area contributed by atoms with Crippen LogP contribution in [0, 0.1) is 0 Å². The second kappa shape index (κ2) is 4.53. The highest BCUT2D eigenvalue weighted by Gasteiger charge is 2.30. The van der Waals surface area contributed by atoms with Crippen LogP contribution in [-0.4, -0.2) is 38.5 Å². The van der Waals surface area contributed by atoms with E-state index >= 15 is 0 Å². The Hall–Kier alpha value is -1.69. The quantitative estimate of drug-likeness (QED) is 0.883. The van der Waals surface area contributed by atoms with Crippen LogP contribution >= 0.6 is 0 Å². The van der Waals surface area contributed by atoms with Crippen molar-refractivity contribution in [2.45, 2.75) is 31.9 Å². The van der Waals surface area contributed by atoms with E-state index in [0.717, 1.165) is 36.3 Å². The maximum absolute atomic E-state index is 5.55. The lowest BCUT2D eigenvalue weighted by molar-refractivity contribution is 0.00295. The molecule has 0 unspecified atom stereocenters. The first-order valence-electron chi connectivity index (χ1n) is 6.28. The number of nitrogens with zero attached hydrogens (tertiary/aromatic N) is 4. The Morgan fingerprint density at radius 1 is 1.44 bits per heavy atom. The fourth-order valence-electron chi connectivity index (χ4n) is 2.33. The number of rotatable bonds is 4. The lowest BCUT2D eigenvalue weighted by atomic mass is 9.89. The Morgan fingerprint density at radius 3 is 3.06 bits per heavy atom. The summed E-state index contributed by atoms with van der Waals surface area (Å²) in [5.74, 6) is 0.869. The van der Waals surface area contributed by atoms with Crippen LogP contribution in [-0.2, 0) is 11.8 Å². The summed E-state index contributed by atoms with van der Waals surface area (Å²) in [6.07, 6.45) is 5.86. The van der Waals surface area contributed by atoms with E-state index in [1.165, 1.54) is 0 Å². The minimum absolute atomic E-state index is 0.402. The highest BCUT2D eigenvalue weighted by Crippen LogP contribution is 2.28. The average Bonchev–Trinajstić information content (AvgIpc) is 2.70. The van der Waals surface area contributed by atoms with Crippen molar-refractivity contribution in [1.29, 1.82) is 0 Å². The third kappa shape index (κ3) is 1.92. The Morgan fingerprint density at radius 2 is 2.28 bits per heavy atom. The second-order valence-corrected chi connectivity index (χ2v) is 4.62.